The summed E-state index contributed by atoms with van der Waals surface area (Å²) in [5.41, 5.74) is 5.81. The zero-order chi connectivity index (χ0) is 9.73. The first-order chi connectivity index (χ1) is 6.26. The second-order valence-electron chi connectivity index (χ2n) is 4.17. The fourth-order valence-electron chi connectivity index (χ4n) is 2.33. The summed E-state index contributed by atoms with van der Waals surface area (Å²) in [6, 6.07) is 0. The van der Waals surface area contributed by atoms with Gasteiger partial charge in [0, 0.05) is 13.2 Å². The summed E-state index contributed by atoms with van der Waals surface area (Å²) in [7, 11) is 0. The van der Waals surface area contributed by atoms with Gasteiger partial charge in [-0.1, -0.05) is 13.3 Å². The maximum absolute atomic E-state index is 5.79. The molecule has 0 atom stereocenters. The highest BCUT2D eigenvalue weighted by molar-refractivity contribution is 4.87. The van der Waals surface area contributed by atoms with Crippen LogP contribution in [0.4, 0.5) is 0 Å². The molecule has 0 aromatic carbocycles. The number of hydrogen-bond acceptors (Lipinski definition) is 2. The first kappa shape index (κ1) is 11.0. The average Bonchev–Trinajstić information content (AvgIpc) is 2.19. The Bertz CT molecular complexity index is 139. The molecule has 1 aliphatic rings. The molecule has 0 bridgehead atoms. The zero-order valence-corrected chi connectivity index (χ0v) is 9.01. The van der Waals surface area contributed by atoms with Gasteiger partial charge in [-0.25, -0.2) is 0 Å². The predicted molar refractivity (Wildman–Crippen MR) is 55.7 cm³/mol. The van der Waals surface area contributed by atoms with Crippen LogP contribution in [0, 0.1) is 5.92 Å². The fourth-order valence-corrected chi connectivity index (χ4v) is 2.33. The van der Waals surface area contributed by atoms with Gasteiger partial charge in [-0.15, -0.1) is 0 Å². The highest BCUT2D eigenvalue weighted by Gasteiger charge is 2.33. The maximum atomic E-state index is 5.79. The molecule has 78 valence electrons. The number of hydrogen-bond donors (Lipinski definition) is 1. The van der Waals surface area contributed by atoms with Gasteiger partial charge in [-0.3, -0.25) is 0 Å². The van der Waals surface area contributed by atoms with Crippen molar-refractivity contribution in [3.8, 4) is 0 Å². The van der Waals surface area contributed by atoms with Gasteiger partial charge in [-0.05, 0) is 38.5 Å². The normalized spacial score (nSPS) is 34.8. The van der Waals surface area contributed by atoms with E-state index in [4.69, 9.17) is 10.5 Å². The minimum Gasteiger partial charge on any atom is -0.374 e. The van der Waals surface area contributed by atoms with Crippen LogP contribution < -0.4 is 5.73 Å². The first-order valence-electron chi connectivity index (χ1n) is 5.60. The van der Waals surface area contributed by atoms with Crippen LogP contribution >= 0.6 is 0 Å². The zero-order valence-electron chi connectivity index (χ0n) is 9.01. The third-order valence-corrected chi connectivity index (χ3v) is 3.42. The smallest absolute Gasteiger partial charge is 0.0804 e. The van der Waals surface area contributed by atoms with Crippen LogP contribution in [0.3, 0.4) is 0 Å². The van der Waals surface area contributed by atoms with E-state index in [-0.39, 0.29) is 5.60 Å². The van der Waals surface area contributed by atoms with E-state index in [1.54, 1.807) is 0 Å². The summed E-state index contributed by atoms with van der Waals surface area (Å²) in [5, 5.41) is 0. The van der Waals surface area contributed by atoms with E-state index in [0.29, 0.717) is 6.54 Å². The van der Waals surface area contributed by atoms with E-state index in [1.807, 2.05) is 0 Å². The molecule has 0 aromatic rings. The lowest BCUT2D eigenvalue weighted by Crippen LogP contribution is -2.44. The number of ether oxygens (including phenoxy) is 1. The third-order valence-electron chi connectivity index (χ3n) is 3.42. The van der Waals surface area contributed by atoms with Crippen LogP contribution in [0.25, 0.3) is 0 Å². The molecular weight excluding hydrogens is 162 g/mol. The highest BCUT2D eigenvalue weighted by Crippen LogP contribution is 2.35. The number of rotatable bonds is 4. The van der Waals surface area contributed by atoms with Crippen LogP contribution in [0.2, 0.25) is 0 Å². The average molecular weight is 185 g/mol. The molecule has 2 N–H and O–H groups in total. The molecule has 1 rings (SSSR count). The minimum atomic E-state index is 0.0282. The van der Waals surface area contributed by atoms with Gasteiger partial charge < -0.3 is 10.5 Å². The van der Waals surface area contributed by atoms with E-state index in [2.05, 4.69) is 13.8 Å². The van der Waals surface area contributed by atoms with Crippen molar-refractivity contribution >= 4 is 0 Å². The lowest BCUT2D eigenvalue weighted by Gasteiger charge is -2.38. The molecule has 0 aromatic heterocycles. The second-order valence-corrected chi connectivity index (χ2v) is 4.17. The van der Waals surface area contributed by atoms with E-state index < -0.39 is 0 Å². The first-order valence-corrected chi connectivity index (χ1v) is 5.60. The van der Waals surface area contributed by atoms with Gasteiger partial charge in [-0.2, -0.15) is 0 Å². The summed E-state index contributed by atoms with van der Waals surface area (Å²) in [6.45, 7) is 5.83. The van der Waals surface area contributed by atoms with E-state index in [0.717, 1.165) is 25.4 Å². The molecule has 1 fully saturated rings. The molecule has 1 saturated carbocycles. The van der Waals surface area contributed by atoms with Crippen LogP contribution in [-0.4, -0.2) is 18.8 Å². The van der Waals surface area contributed by atoms with Gasteiger partial charge in [0.05, 0.1) is 5.60 Å². The maximum Gasteiger partial charge on any atom is 0.0804 e. The Morgan fingerprint density at radius 3 is 2.31 bits per heavy atom. The monoisotopic (exact) mass is 185 g/mol. The van der Waals surface area contributed by atoms with Gasteiger partial charge in [0.25, 0.3) is 0 Å². The standard InChI is InChI=1S/C11H23NO/c1-3-10-5-7-11(9-12,8-6-10)13-4-2/h10H,3-9,12H2,1-2H3. The van der Waals surface area contributed by atoms with Gasteiger partial charge in [0.1, 0.15) is 0 Å². The van der Waals surface area contributed by atoms with Crippen molar-refractivity contribution in [1.29, 1.82) is 0 Å². The van der Waals surface area contributed by atoms with Crippen molar-refractivity contribution in [2.45, 2.75) is 51.6 Å². The lowest BCUT2D eigenvalue weighted by molar-refractivity contribution is -0.0660. The lowest BCUT2D eigenvalue weighted by atomic mass is 9.77. The molecule has 0 radical (unpaired) electrons. The van der Waals surface area contributed by atoms with Crippen molar-refractivity contribution in [2.75, 3.05) is 13.2 Å². The van der Waals surface area contributed by atoms with E-state index >= 15 is 0 Å². The molecule has 2 nitrogen and oxygen atoms in total. The fraction of sp³-hybridized carbons (Fsp3) is 1.00. The summed E-state index contributed by atoms with van der Waals surface area (Å²) < 4.78 is 5.79. The van der Waals surface area contributed by atoms with Crippen LogP contribution in [0.1, 0.15) is 46.0 Å². The molecule has 0 saturated heterocycles. The molecule has 13 heavy (non-hydrogen) atoms. The molecule has 0 aliphatic heterocycles. The topological polar surface area (TPSA) is 35.2 Å². The SMILES string of the molecule is CCOC1(CN)CCC(CC)CC1. The Labute approximate surface area is 81.8 Å². The Hall–Kier alpha value is -0.0800. The Morgan fingerprint density at radius 1 is 1.31 bits per heavy atom. The van der Waals surface area contributed by atoms with Gasteiger partial charge in [0.2, 0.25) is 0 Å². The summed E-state index contributed by atoms with van der Waals surface area (Å²) in [5.74, 6) is 0.917. The van der Waals surface area contributed by atoms with Crippen molar-refractivity contribution in [3.63, 3.8) is 0 Å². The van der Waals surface area contributed by atoms with Crippen molar-refractivity contribution < 1.29 is 4.74 Å². The highest BCUT2D eigenvalue weighted by atomic mass is 16.5. The predicted octanol–water partition coefficient (Wildman–Crippen LogP) is 2.32. The molecule has 0 heterocycles. The third kappa shape index (κ3) is 2.68. The van der Waals surface area contributed by atoms with Crippen molar-refractivity contribution in [3.05, 3.63) is 0 Å². The summed E-state index contributed by atoms with van der Waals surface area (Å²) in [4.78, 5) is 0. The van der Waals surface area contributed by atoms with Crippen LogP contribution in [-0.2, 0) is 4.74 Å². The summed E-state index contributed by atoms with van der Waals surface area (Å²) in [6.07, 6.45) is 6.24. The minimum absolute atomic E-state index is 0.0282. The number of nitrogens with two attached hydrogens (primary N) is 1. The molecule has 0 spiro atoms. The molecule has 1 aliphatic carbocycles. The molecular formula is C11H23NO. The van der Waals surface area contributed by atoms with Crippen LogP contribution in [0.5, 0.6) is 0 Å². The van der Waals surface area contributed by atoms with E-state index in [9.17, 15) is 0 Å². The van der Waals surface area contributed by atoms with Gasteiger partial charge in [0.15, 0.2) is 0 Å². The Kier molecular flexibility index (Phi) is 4.20. The summed E-state index contributed by atoms with van der Waals surface area (Å²) >= 11 is 0. The molecule has 0 amide bonds. The quantitative estimate of drug-likeness (QED) is 0.729. The van der Waals surface area contributed by atoms with Crippen LogP contribution in [0.15, 0.2) is 0 Å². The Morgan fingerprint density at radius 2 is 1.92 bits per heavy atom. The van der Waals surface area contributed by atoms with E-state index in [1.165, 1.54) is 19.3 Å². The largest absolute Gasteiger partial charge is 0.374 e. The molecule has 2 heteroatoms. The van der Waals surface area contributed by atoms with Crippen molar-refractivity contribution in [2.24, 2.45) is 11.7 Å². The van der Waals surface area contributed by atoms with Crippen molar-refractivity contribution in [1.82, 2.24) is 0 Å². The molecule has 0 unspecified atom stereocenters. The Balaban J connectivity index is 2.42. The van der Waals surface area contributed by atoms with Gasteiger partial charge >= 0.3 is 0 Å². The second kappa shape index (κ2) is 4.97.